The summed E-state index contributed by atoms with van der Waals surface area (Å²) >= 11 is 0. The summed E-state index contributed by atoms with van der Waals surface area (Å²) in [4.78, 5) is 14.2. The lowest BCUT2D eigenvalue weighted by Crippen LogP contribution is -2.42. The first-order valence-corrected chi connectivity index (χ1v) is 9.89. The summed E-state index contributed by atoms with van der Waals surface area (Å²) in [5.74, 6) is -0.0527. The second-order valence-electron chi connectivity index (χ2n) is 5.92. The van der Waals surface area contributed by atoms with Crippen molar-refractivity contribution in [1.29, 1.82) is 0 Å². The van der Waals surface area contributed by atoms with Gasteiger partial charge in [-0.05, 0) is 24.1 Å². The fourth-order valence-corrected chi connectivity index (χ4v) is 3.03. The summed E-state index contributed by atoms with van der Waals surface area (Å²) in [6.07, 6.45) is 0.629. The molecule has 25 heavy (non-hydrogen) atoms. The molecule has 1 heterocycles. The van der Waals surface area contributed by atoms with Gasteiger partial charge in [-0.25, -0.2) is 13.6 Å². The summed E-state index contributed by atoms with van der Waals surface area (Å²) in [5, 5.41) is 11.0. The van der Waals surface area contributed by atoms with Crippen molar-refractivity contribution >= 4 is 15.9 Å². The van der Waals surface area contributed by atoms with Crippen LogP contribution in [0.15, 0.2) is 29.2 Å². The van der Waals surface area contributed by atoms with E-state index in [9.17, 15) is 13.2 Å². The molecule has 0 aliphatic carbocycles. The minimum absolute atomic E-state index is 0.0527. The Morgan fingerprint density at radius 1 is 1.16 bits per heavy atom. The molecule has 1 saturated heterocycles. The Bertz CT molecular complexity index is 643. The zero-order valence-electron chi connectivity index (χ0n) is 14.2. The molecular formula is C16H26N4O4S. The third-order valence-corrected chi connectivity index (χ3v) is 4.91. The van der Waals surface area contributed by atoms with Crippen LogP contribution in [0.3, 0.4) is 0 Å². The number of nitrogens with one attached hydrogen (secondary N) is 2. The van der Waals surface area contributed by atoms with E-state index in [4.69, 9.17) is 9.88 Å². The molecule has 1 fully saturated rings. The van der Waals surface area contributed by atoms with Gasteiger partial charge in [-0.1, -0.05) is 12.1 Å². The number of benzene rings is 1. The van der Waals surface area contributed by atoms with Crippen LogP contribution in [0.2, 0.25) is 0 Å². The van der Waals surface area contributed by atoms with Crippen LogP contribution >= 0.6 is 0 Å². The fourth-order valence-electron chi connectivity index (χ4n) is 2.52. The van der Waals surface area contributed by atoms with Gasteiger partial charge in [-0.3, -0.25) is 9.69 Å². The Morgan fingerprint density at radius 2 is 1.84 bits per heavy atom. The number of ether oxygens (including phenoxy) is 1. The van der Waals surface area contributed by atoms with Crippen molar-refractivity contribution in [1.82, 2.24) is 15.5 Å². The van der Waals surface area contributed by atoms with Gasteiger partial charge in [0.05, 0.1) is 24.7 Å². The highest BCUT2D eigenvalue weighted by Gasteiger charge is 2.10. The first-order chi connectivity index (χ1) is 11.9. The lowest BCUT2D eigenvalue weighted by molar-refractivity contribution is -0.120. The lowest BCUT2D eigenvalue weighted by Gasteiger charge is -2.26. The molecule has 8 nitrogen and oxygen atoms in total. The van der Waals surface area contributed by atoms with E-state index in [1.165, 1.54) is 12.1 Å². The van der Waals surface area contributed by atoms with Crippen LogP contribution in [0.4, 0.5) is 0 Å². The van der Waals surface area contributed by atoms with E-state index in [2.05, 4.69) is 15.5 Å². The van der Waals surface area contributed by atoms with Gasteiger partial charge in [0.15, 0.2) is 0 Å². The summed E-state index contributed by atoms with van der Waals surface area (Å²) in [6, 6.07) is 6.35. The topological polar surface area (TPSA) is 114 Å². The first kappa shape index (κ1) is 19.8. The highest BCUT2D eigenvalue weighted by Crippen LogP contribution is 2.08. The summed E-state index contributed by atoms with van der Waals surface area (Å²) in [5.41, 5.74) is 0.938. The van der Waals surface area contributed by atoms with E-state index >= 15 is 0 Å². The number of hydrogen-bond donors (Lipinski definition) is 3. The Hall–Kier alpha value is -1.52. The molecule has 0 radical (unpaired) electrons. The number of primary sulfonamides is 1. The Morgan fingerprint density at radius 3 is 2.48 bits per heavy atom. The molecule has 0 spiro atoms. The van der Waals surface area contributed by atoms with E-state index < -0.39 is 10.0 Å². The van der Waals surface area contributed by atoms with Gasteiger partial charge in [0.1, 0.15) is 0 Å². The van der Waals surface area contributed by atoms with E-state index in [0.29, 0.717) is 13.0 Å². The van der Waals surface area contributed by atoms with Crippen LogP contribution in [-0.2, 0) is 26.0 Å². The zero-order valence-corrected chi connectivity index (χ0v) is 15.1. The molecule has 4 N–H and O–H groups in total. The maximum atomic E-state index is 11.8. The molecule has 9 heteroatoms. The molecule has 1 aliphatic heterocycles. The van der Waals surface area contributed by atoms with Gasteiger partial charge in [0, 0.05) is 32.7 Å². The molecule has 1 amide bonds. The van der Waals surface area contributed by atoms with Crippen molar-refractivity contribution in [2.24, 2.45) is 5.14 Å². The summed E-state index contributed by atoms with van der Waals surface area (Å²) in [6.45, 7) is 5.90. The highest BCUT2D eigenvalue weighted by atomic mass is 32.2. The fraction of sp³-hybridized carbons (Fsp3) is 0.562. The molecule has 1 aromatic carbocycles. The largest absolute Gasteiger partial charge is 0.379 e. The van der Waals surface area contributed by atoms with Crippen LogP contribution in [0, 0.1) is 0 Å². The Labute approximate surface area is 148 Å². The van der Waals surface area contributed by atoms with Crippen LogP contribution in [0.25, 0.3) is 0 Å². The molecule has 140 valence electrons. The average molecular weight is 370 g/mol. The normalized spacial score (nSPS) is 15.9. The second-order valence-corrected chi connectivity index (χ2v) is 7.48. The van der Waals surface area contributed by atoms with E-state index in [0.717, 1.165) is 45.0 Å². The minimum Gasteiger partial charge on any atom is -0.379 e. The van der Waals surface area contributed by atoms with Crippen LogP contribution in [0.1, 0.15) is 5.56 Å². The monoisotopic (exact) mass is 370 g/mol. The van der Waals surface area contributed by atoms with Crippen molar-refractivity contribution in [2.45, 2.75) is 11.3 Å². The summed E-state index contributed by atoms with van der Waals surface area (Å²) in [7, 11) is -3.66. The number of rotatable bonds is 9. The Balaban J connectivity index is 1.57. The predicted molar refractivity (Wildman–Crippen MR) is 94.7 cm³/mol. The average Bonchev–Trinajstić information content (AvgIpc) is 2.59. The maximum absolute atomic E-state index is 11.8. The molecule has 0 bridgehead atoms. The number of nitrogens with two attached hydrogens (primary N) is 1. The first-order valence-electron chi connectivity index (χ1n) is 8.34. The van der Waals surface area contributed by atoms with E-state index in [1.807, 2.05) is 0 Å². The molecule has 0 saturated carbocycles. The summed E-state index contributed by atoms with van der Waals surface area (Å²) < 4.78 is 27.6. The van der Waals surface area contributed by atoms with Gasteiger partial charge in [0.25, 0.3) is 0 Å². The SMILES string of the molecule is NS(=O)(=O)c1ccc(CCNC(=O)CNCCN2CCOCC2)cc1. The lowest BCUT2D eigenvalue weighted by atomic mass is 10.1. The number of morpholine rings is 1. The molecule has 0 unspecified atom stereocenters. The van der Waals surface area contributed by atoms with Gasteiger partial charge in [0.2, 0.25) is 15.9 Å². The van der Waals surface area contributed by atoms with Crippen molar-refractivity contribution in [2.75, 3.05) is 52.5 Å². The molecule has 2 rings (SSSR count). The standard InChI is InChI=1S/C16H26N4O4S/c17-25(22,23)15-3-1-14(2-4-15)5-6-19-16(21)13-18-7-8-20-9-11-24-12-10-20/h1-4,18H,5-13H2,(H,19,21)(H2,17,22,23). The quantitative estimate of drug-likeness (QED) is 0.476. The molecule has 0 aromatic heterocycles. The van der Waals surface area contributed by atoms with Crippen LogP contribution in [0.5, 0.6) is 0 Å². The van der Waals surface area contributed by atoms with Crippen LogP contribution < -0.4 is 15.8 Å². The molecule has 1 aromatic rings. The number of sulfonamides is 1. The number of carbonyl (C=O) groups is 1. The molecular weight excluding hydrogens is 344 g/mol. The van der Waals surface area contributed by atoms with Crippen molar-refractivity contribution in [3.8, 4) is 0 Å². The smallest absolute Gasteiger partial charge is 0.238 e. The highest BCUT2D eigenvalue weighted by molar-refractivity contribution is 7.89. The minimum atomic E-state index is -3.66. The predicted octanol–water partition coefficient (Wildman–Crippen LogP) is -1.09. The zero-order chi connectivity index (χ0) is 18.1. The Kier molecular flexibility index (Phi) is 7.79. The molecule has 1 aliphatic rings. The number of amides is 1. The van der Waals surface area contributed by atoms with Crippen LogP contribution in [-0.4, -0.2) is 71.7 Å². The second kappa shape index (κ2) is 9.83. The van der Waals surface area contributed by atoms with Gasteiger partial charge in [-0.2, -0.15) is 0 Å². The van der Waals surface area contributed by atoms with E-state index in [-0.39, 0.29) is 17.3 Å². The number of carbonyl (C=O) groups excluding carboxylic acids is 1. The van der Waals surface area contributed by atoms with E-state index in [1.54, 1.807) is 12.1 Å². The third-order valence-electron chi connectivity index (χ3n) is 3.98. The van der Waals surface area contributed by atoms with Crippen molar-refractivity contribution < 1.29 is 17.9 Å². The van der Waals surface area contributed by atoms with Gasteiger partial charge < -0.3 is 15.4 Å². The number of nitrogens with zero attached hydrogens (tertiary/aromatic N) is 1. The molecule has 0 atom stereocenters. The van der Waals surface area contributed by atoms with Gasteiger partial charge in [-0.15, -0.1) is 0 Å². The number of hydrogen-bond acceptors (Lipinski definition) is 6. The third kappa shape index (κ3) is 7.49. The van der Waals surface area contributed by atoms with Crippen molar-refractivity contribution in [3.63, 3.8) is 0 Å². The van der Waals surface area contributed by atoms with Crippen molar-refractivity contribution in [3.05, 3.63) is 29.8 Å². The van der Waals surface area contributed by atoms with Gasteiger partial charge >= 0.3 is 0 Å². The maximum Gasteiger partial charge on any atom is 0.238 e.